The van der Waals surface area contributed by atoms with Crippen molar-refractivity contribution in [3.63, 3.8) is 0 Å². The topological polar surface area (TPSA) is 89.0 Å². The van der Waals surface area contributed by atoms with Gasteiger partial charge in [-0.25, -0.2) is 17.2 Å². The van der Waals surface area contributed by atoms with Crippen LogP contribution in [0.25, 0.3) is 0 Å². The van der Waals surface area contributed by atoms with Crippen LogP contribution in [0.1, 0.15) is 47.3 Å². The minimum atomic E-state index is -6.34. The summed E-state index contributed by atoms with van der Waals surface area (Å²) in [6, 6.07) is 8.06. The van der Waals surface area contributed by atoms with Crippen molar-refractivity contribution in [1.82, 2.24) is 15.5 Å². The Kier molecular flexibility index (Phi) is 7.88. The van der Waals surface area contributed by atoms with Gasteiger partial charge in [0, 0.05) is 17.8 Å². The molecule has 220 valence electrons. The number of amides is 1. The van der Waals surface area contributed by atoms with E-state index in [4.69, 9.17) is 0 Å². The number of hydrogen-bond donors (Lipinski definition) is 1. The van der Waals surface area contributed by atoms with Crippen molar-refractivity contribution in [2.45, 2.75) is 59.4 Å². The Morgan fingerprint density at radius 1 is 0.854 bits per heavy atom. The SMILES string of the molecule is O=C(N[C@H]1CC[C@@](c2ccc(C(F)(C(F)(F)F)C(F)(F)F)cc2)(S(=O)(=O)c2ccc(F)cc2)CC1)c1cccnn1. The molecule has 41 heavy (non-hydrogen) atoms. The molecule has 0 radical (unpaired) electrons. The predicted octanol–water partition coefficient (Wildman–Crippen LogP) is 5.95. The first-order valence-corrected chi connectivity index (χ1v) is 13.5. The van der Waals surface area contributed by atoms with E-state index in [0.717, 1.165) is 36.4 Å². The van der Waals surface area contributed by atoms with Gasteiger partial charge in [-0.3, -0.25) is 4.79 Å². The number of halogens is 8. The largest absolute Gasteiger partial charge is 0.435 e. The van der Waals surface area contributed by atoms with Crippen molar-refractivity contribution in [2.24, 2.45) is 0 Å². The number of rotatable bonds is 6. The molecule has 15 heteroatoms. The number of hydrogen-bond acceptors (Lipinski definition) is 5. The van der Waals surface area contributed by atoms with E-state index in [1.807, 2.05) is 0 Å². The van der Waals surface area contributed by atoms with E-state index in [0.29, 0.717) is 0 Å². The molecule has 6 nitrogen and oxygen atoms in total. The van der Waals surface area contributed by atoms with Crippen molar-refractivity contribution < 1.29 is 48.3 Å². The number of carbonyl (C=O) groups is 1. The van der Waals surface area contributed by atoms with E-state index in [9.17, 15) is 48.3 Å². The lowest BCUT2D eigenvalue weighted by molar-refractivity contribution is -0.348. The van der Waals surface area contributed by atoms with Gasteiger partial charge in [0.15, 0.2) is 15.5 Å². The third-order valence-corrected chi connectivity index (χ3v) is 9.73. The summed E-state index contributed by atoms with van der Waals surface area (Å²) in [6.45, 7) is 0. The van der Waals surface area contributed by atoms with Gasteiger partial charge in [-0.15, -0.1) is 5.10 Å². The first kappa shape index (κ1) is 30.3. The molecule has 0 unspecified atom stereocenters. The van der Waals surface area contributed by atoms with Crippen LogP contribution in [-0.4, -0.2) is 42.9 Å². The van der Waals surface area contributed by atoms with Crippen molar-refractivity contribution in [1.29, 1.82) is 0 Å². The van der Waals surface area contributed by atoms with Crippen molar-refractivity contribution in [3.05, 3.63) is 89.5 Å². The van der Waals surface area contributed by atoms with Gasteiger partial charge in [-0.2, -0.15) is 31.4 Å². The average Bonchev–Trinajstić information content (AvgIpc) is 2.92. The van der Waals surface area contributed by atoms with Crippen molar-refractivity contribution in [3.8, 4) is 0 Å². The van der Waals surface area contributed by atoms with Gasteiger partial charge in [-0.1, -0.05) is 24.3 Å². The lowest BCUT2D eigenvalue weighted by Crippen LogP contribution is -2.50. The summed E-state index contributed by atoms with van der Waals surface area (Å²) in [4.78, 5) is 12.2. The Bertz CT molecular complexity index is 1470. The van der Waals surface area contributed by atoms with Gasteiger partial charge < -0.3 is 5.32 Å². The molecule has 3 aromatic rings. The highest BCUT2D eigenvalue weighted by atomic mass is 32.2. The molecule has 1 saturated carbocycles. The molecule has 1 aromatic heterocycles. The second-order valence-corrected chi connectivity index (χ2v) is 11.8. The quantitative estimate of drug-likeness (QED) is 0.277. The molecular formula is C26H21F8N3O3S. The predicted molar refractivity (Wildman–Crippen MR) is 128 cm³/mol. The van der Waals surface area contributed by atoms with Gasteiger partial charge in [0.25, 0.3) is 5.91 Å². The Hall–Kier alpha value is -3.62. The number of nitrogens with zero attached hydrogens (tertiary/aromatic N) is 2. The highest BCUT2D eigenvalue weighted by molar-refractivity contribution is 7.92. The van der Waals surface area contributed by atoms with Crippen LogP contribution in [0.3, 0.4) is 0 Å². The first-order valence-electron chi connectivity index (χ1n) is 12.0. The first-order chi connectivity index (χ1) is 19.0. The number of carbonyl (C=O) groups excluding carboxylic acids is 1. The van der Waals surface area contributed by atoms with Crippen molar-refractivity contribution >= 4 is 15.7 Å². The second kappa shape index (κ2) is 10.7. The fourth-order valence-corrected chi connectivity index (χ4v) is 7.12. The fourth-order valence-electron chi connectivity index (χ4n) is 4.95. The Labute approximate surface area is 228 Å². The van der Waals surface area contributed by atoms with Crippen LogP contribution in [0.15, 0.2) is 71.8 Å². The zero-order valence-electron chi connectivity index (χ0n) is 20.8. The van der Waals surface area contributed by atoms with Crippen LogP contribution in [0.5, 0.6) is 0 Å². The van der Waals surface area contributed by atoms with E-state index >= 15 is 0 Å². The zero-order chi connectivity index (χ0) is 30.3. The summed E-state index contributed by atoms with van der Waals surface area (Å²) < 4.78 is 134. The molecule has 4 rings (SSSR count). The molecule has 1 aliphatic rings. The number of alkyl halides is 7. The molecule has 1 fully saturated rings. The molecule has 1 amide bonds. The maximum absolute atomic E-state index is 14.6. The maximum atomic E-state index is 14.6. The molecule has 1 aliphatic carbocycles. The van der Waals surface area contributed by atoms with Crippen molar-refractivity contribution in [2.75, 3.05) is 0 Å². The number of nitrogens with one attached hydrogen (secondary N) is 1. The summed E-state index contributed by atoms with van der Waals surface area (Å²) >= 11 is 0. The summed E-state index contributed by atoms with van der Waals surface area (Å²) in [5, 5.41) is 9.99. The molecule has 0 aliphatic heterocycles. The Morgan fingerprint density at radius 2 is 1.41 bits per heavy atom. The molecule has 0 saturated heterocycles. The summed E-state index contributed by atoms with van der Waals surface area (Å²) in [5.41, 5.74) is -7.64. The van der Waals surface area contributed by atoms with E-state index in [2.05, 4.69) is 15.5 Å². The normalized spacial score (nSPS) is 20.4. The molecule has 1 N–H and O–H groups in total. The van der Waals surface area contributed by atoms with Crippen LogP contribution in [0.2, 0.25) is 0 Å². The van der Waals surface area contributed by atoms with Crippen LogP contribution >= 0.6 is 0 Å². The number of benzene rings is 2. The standard InChI is InChI=1S/C26H21F8N3O3S/c27-18-7-9-20(10-8-18)41(39,40)23(13-11-19(12-14-23)36-22(38)21-2-1-15-35-37-21)16-3-5-17(6-4-16)24(28,25(29,30)31)26(32,33)34/h1-10,15,19H,11-14H2,(H,36,38)/t19-,23+. The smallest absolute Gasteiger partial charge is 0.348 e. The van der Waals surface area contributed by atoms with Gasteiger partial charge in [0.1, 0.15) is 10.6 Å². The van der Waals surface area contributed by atoms with Gasteiger partial charge >= 0.3 is 18.0 Å². The second-order valence-electron chi connectivity index (χ2n) is 9.54. The lowest BCUT2D eigenvalue weighted by atomic mass is 9.80. The van der Waals surface area contributed by atoms with E-state index < -0.39 is 55.9 Å². The molecule has 0 spiro atoms. The molecule has 0 atom stereocenters. The fraction of sp³-hybridized carbons (Fsp3) is 0.346. The van der Waals surface area contributed by atoms with Gasteiger partial charge in [0.2, 0.25) is 0 Å². The van der Waals surface area contributed by atoms with E-state index in [1.165, 1.54) is 18.3 Å². The van der Waals surface area contributed by atoms with Gasteiger partial charge in [0.05, 0.1) is 4.90 Å². The lowest BCUT2D eigenvalue weighted by Gasteiger charge is -2.40. The average molecular weight is 608 g/mol. The number of aromatic nitrogens is 2. The summed E-state index contributed by atoms with van der Waals surface area (Å²) in [6.07, 6.45) is -11.7. The third-order valence-electron chi connectivity index (χ3n) is 7.16. The van der Waals surface area contributed by atoms with Crippen LogP contribution in [-0.2, 0) is 20.3 Å². The highest BCUT2D eigenvalue weighted by Gasteiger charge is 2.73. The van der Waals surface area contributed by atoms with Crippen LogP contribution in [0, 0.1) is 5.82 Å². The molecule has 1 heterocycles. The maximum Gasteiger partial charge on any atom is 0.435 e. The molecule has 2 aromatic carbocycles. The Morgan fingerprint density at radius 3 is 1.90 bits per heavy atom. The summed E-state index contributed by atoms with van der Waals surface area (Å²) in [5.74, 6) is -1.32. The third kappa shape index (κ3) is 5.38. The summed E-state index contributed by atoms with van der Waals surface area (Å²) in [7, 11) is -4.44. The minimum absolute atomic E-state index is 0.00268. The highest BCUT2D eigenvalue weighted by Crippen LogP contribution is 2.54. The molecule has 0 bridgehead atoms. The zero-order valence-corrected chi connectivity index (χ0v) is 21.6. The van der Waals surface area contributed by atoms with Gasteiger partial charge in [-0.05, 0) is 67.6 Å². The van der Waals surface area contributed by atoms with E-state index in [-0.39, 0.29) is 54.0 Å². The number of sulfone groups is 1. The minimum Gasteiger partial charge on any atom is -0.348 e. The van der Waals surface area contributed by atoms with Crippen LogP contribution < -0.4 is 5.32 Å². The monoisotopic (exact) mass is 607 g/mol. The molecular weight excluding hydrogens is 586 g/mol. The Balaban J connectivity index is 1.72. The van der Waals surface area contributed by atoms with E-state index in [1.54, 1.807) is 0 Å². The van der Waals surface area contributed by atoms with Crippen LogP contribution in [0.4, 0.5) is 35.1 Å².